The number of aromatic hydroxyl groups is 2. The van der Waals surface area contributed by atoms with Crippen LogP contribution in [-0.2, 0) is 16.4 Å². The van der Waals surface area contributed by atoms with E-state index in [1.807, 2.05) is 24.6 Å². The lowest BCUT2D eigenvalue weighted by Gasteiger charge is -2.24. The maximum Gasteiger partial charge on any atom is 0.302 e. The van der Waals surface area contributed by atoms with E-state index in [1.165, 1.54) is 6.07 Å². The summed E-state index contributed by atoms with van der Waals surface area (Å²) in [5.74, 6) is -2.21. The summed E-state index contributed by atoms with van der Waals surface area (Å²) in [5.41, 5.74) is 1.55. The number of sulfonamides is 1. The van der Waals surface area contributed by atoms with E-state index in [2.05, 4.69) is 15.2 Å². The van der Waals surface area contributed by atoms with E-state index in [0.717, 1.165) is 37.6 Å². The van der Waals surface area contributed by atoms with E-state index in [9.17, 15) is 23.4 Å². The number of rotatable bonds is 8. The van der Waals surface area contributed by atoms with Gasteiger partial charge < -0.3 is 10.2 Å². The van der Waals surface area contributed by atoms with Gasteiger partial charge in [0.05, 0.1) is 0 Å². The van der Waals surface area contributed by atoms with E-state index < -0.39 is 21.7 Å². The molecule has 1 aliphatic rings. The zero-order valence-corrected chi connectivity index (χ0v) is 18.5. The van der Waals surface area contributed by atoms with Crippen molar-refractivity contribution in [3.05, 3.63) is 41.0 Å². The molecule has 31 heavy (non-hydrogen) atoms. The molecule has 0 bridgehead atoms. The highest BCUT2D eigenvalue weighted by Gasteiger charge is 2.32. The Balaban J connectivity index is 2.09. The molecule has 168 valence electrons. The number of phenols is 2. The number of H-pyrrole nitrogens is 1. The number of unbranched alkanes of at least 4 members (excludes halogenated alkanes) is 2. The lowest BCUT2D eigenvalue weighted by atomic mass is 9.84. The number of nitrogens with zero attached hydrogens (tertiary/aromatic N) is 2. The largest absolute Gasteiger partial charge is 0.507 e. The molecule has 0 spiro atoms. The Labute approximate surface area is 181 Å². The molecule has 1 amide bonds. The number of aromatic nitrogens is 3. The van der Waals surface area contributed by atoms with Gasteiger partial charge in [0.15, 0.2) is 0 Å². The summed E-state index contributed by atoms with van der Waals surface area (Å²) in [7, 11) is -4.44. The van der Waals surface area contributed by atoms with Crippen LogP contribution in [0.2, 0.25) is 0 Å². The van der Waals surface area contributed by atoms with Crippen LogP contribution < -0.4 is 4.72 Å². The summed E-state index contributed by atoms with van der Waals surface area (Å²) in [4.78, 5) is 15.6. The molecule has 3 rings (SSSR count). The monoisotopic (exact) mass is 448 g/mol. The molecule has 1 unspecified atom stereocenters. The minimum atomic E-state index is -4.44. The van der Waals surface area contributed by atoms with Gasteiger partial charge in [-0.2, -0.15) is 5.10 Å². The number of benzene rings is 1. The van der Waals surface area contributed by atoms with Crippen molar-refractivity contribution in [3.8, 4) is 11.5 Å². The van der Waals surface area contributed by atoms with Crippen molar-refractivity contribution in [2.24, 2.45) is 0 Å². The fourth-order valence-corrected chi connectivity index (χ4v) is 5.31. The van der Waals surface area contributed by atoms with E-state index >= 15 is 0 Å². The molecular formula is C21H28N4O5S. The molecule has 10 heteroatoms. The highest BCUT2D eigenvalue weighted by Crippen LogP contribution is 2.45. The molecule has 1 aliphatic carbocycles. The molecule has 2 aromatic rings. The van der Waals surface area contributed by atoms with Crippen LogP contribution in [-0.4, -0.2) is 39.7 Å². The van der Waals surface area contributed by atoms with Gasteiger partial charge in [0, 0.05) is 11.5 Å². The number of hydrogen-bond donors (Lipinski definition) is 4. The Morgan fingerprint density at radius 2 is 2.10 bits per heavy atom. The standard InChI is InChI=1S/C21H28N4O5S/c1-3-4-5-8-15-11-16(26)17(14-9-6-7-13(2)10-14)18(27)19(15)31(29,30)25-21(28)20-22-12-23-24-20/h10-12,14,26-27H,3-9H2,1-2H3,(H,25,28)(H,22,23,24). The Bertz CT molecular complexity index is 1080. The number of carbonyl (C=O) groups is 1. The summed E-state index contributed by atoms with van der Waals surface area (Å²) in [6.45, 7) is 3.99. The van der Waals surface area contributed by atoms with Crippen LogP contribution in [0.3, 0.4) is 0 Å². The highest BCUT2D eigenvalue weighted by molar-refractivity contribution is 7.90. The molecule has 0 saturated carbocycles. The number of carbonyl (C=O) groups excluding carboxylic acids is 1. The molecule has 0 radical (unpaired) electrons. The normalized spacial score (nSPS) is 16.7. The Morgan fingerprint density at radius 3 is 2.74 bits per heavy atom. The minimum absolute atomic E-state index is 0.138. The summed E-state index contributed by atoms with van der Waals surface area (Å²) in [5, 5.41) is 27.6. The third-order valence-corrected chi connectivity index (χ3v) is 6.91. The van der Waals surface area contributed by atoms with E-state index in [1.54, 1.807) is 0 Å². The molecule has 9 nitrogen and oxygen atoms in total. The van der Waals surface area contributed by atoms with Crippen LogP contribution in [0.1, 0.15) is 80.0 Å². The zero-order chi connectivity index (χ0) is 22.6. The van der Waals surface area contributed by atoms with Crippen molar-refractivity contribution in [3.63, 3.8) is 0 Å². The summed E-state index contributed by atoms with van der Waals surface area (Å²) in [6.07, 6.45) is 8.29. The number of allylic oxidation sites excluding steroid dienone is 2. The van der Waals surface area contributed by atoms with Crippen molar-refractivity contribution in [2.75, 3.05) is 0 Å². The molecule has 0 aliphatic heterocycles. The van der Waals surface area contributed by atoms with Crippen LogP contribution in [0.25, 0.3) is 0 Å². The first-order chi connectivity index (χ1) is 14.7. The molecule has 1 heterocycles. The summed E-state index contributed by atoms with van der Waals surface area (Å²) < 4.78 is 28.3. The number of aryl methyl sites for hydroxylation is 1. The summed E-state index contributed by atoms with van der Waals surface area (Å²) in [6, 6.07) is 1.40. The van der Waals surface area contributed by atoms with Gasteiger partial charge in [-0.1, -0.05) is 31.4 Å². The molecule has 1 aromatic heterocycles. The highest BCUT2D eigenvalue weighted by atomic mass is 32.2. The van der Waals surface area contributed by atoms with Gasteiger partial charge in [-0.15, -0.1) is 0 Å². The topological polar surface area (TPSA) is 145 Å². The molecule has 0 fully saturated rings. The quantitative estimate of drug-likeness (QED) is 0.358. The first-order valence-electron chi connectivity index (χ1n) is 10.4. The second-order valence-electron chi connectivity index (χ2n) is 7.88. The Hall–Kier alpha value is -2.88. The predicted molar refractivity (Wildman–Crippen MR) is 114 cm³/mol. The van der Waals surface area contributed by atoms with Crippen molar-refractivity contribution < 1.29 is 23.4 Å². The Kier molecular flexibility index (Phi) is 6.99. The maximum absolute atomic E-state index is 13.2. The minimum Gasteiger partial charge on any atom is -0.507 e. The zero-order valence-electron chi connectivity index (χ0n) is 17.7. The lowest BCUT2D eigenvalue weighted by molar-refractivity contribution is 0.0971. The second-order valence-corrected chi connectivity index (χ2v) is 9.50. The summed E-state index contributed by atoms with van der Waals surface area (Å²) >= 11 is 0. The first kappa shape index (κ1) is 22.8. The van der Waals surface area contributed by atoms with Gasteiger partial charge in [-0.25, -0.2) is 18.1 Å². The second kappa shape index (κ2) is 9.51. The number of nitrogens with one attached hydrogen (secondary N) is 2. The van der Waals surface area contributed by atoms with Gasteiger partial charge in [-0.05, 0) is 50.7 Å². The maximum atomic E-state index is 13.2. The van der Waals surface area contributed by atoms with Gasteiger partial charge >= 0.3 is 5.91 Å². The molecule has 1 aromatic carbocycles. The first-order valence-corrected chi connectivity index (χ1v) is 11.9. The lowest BCUT2D eigenvalue weighted by Crippen LogP contribution is -2.32. The van der Waals surface area contributed by atoms with Crippen LogP contribution in [0, 0.1) is 0 Å². The number of amides is 1. The average Bonchev–Trinajstić information content (AvgIpc) is 3.22. The van der Waals surface area contributed by atoms with Crippen molar-refractivity contribution in [1.82, 2.24) is 19.9 Å². The smallest absolute Gasteiger partial charge is 0.302 e. The molecule has 4 N–H and O–H groups in total. The third kappa shape index (κ3) is 5.07. The van der Waals surface area contributed by atoms with Gasteiger partial charge in [-0.3, -0.25) is 9.89 Å². The Morgan fingerprint density at radius 1 is 1.32 bits per heavy atom. The van der Waals surface area contributed by atoms with Crippen LogP contribution in [0.15, 0.2) is 28.9 Å². The van der Waals surface area contributed by atoms with Gasteiger partial charge in [0.1, 0.15) is 22.7 Å². The third-order valence-electron chi connectivity index (χ3n) is 5.47. The van der Waals surface area contributed by atoms with Crippen molar-refractivity contribution >= 4 is 15.9 Å². The van der Waals surface area contributed by atoms with Crippen LogP contribution in [0.4, 0.5) is 0 Å². The van der Waals surface area contributed by atoms with E-state index in [0.29, 0.717) is 19.3 Å². The van der Waals surface area contributed by atoms with Gasteiger partial charge in [0.25, 0.3) is 10.0 Å². The average molecular weight is 449 g/mol. The molecule has 0 saturated heterocycles. The number of hydrogen-bond acceptors (Lipinski definition) is 7. The number of aromatic amines is 1. The fourth-order valence-electron chi connectivity index (χ4n) is 4.00. The molecular weight excluding hydrogens is 420 g/mol. The van der Waals surface area contributed by atoms with Gasteiger partial charge in [0.2, 0.25) is 5.82 Å². The van der Waals surface area contributed by atoms with E-state index in [-0.39, 0.29) is 33.5 Å². The van der Waals surface area contributed by atoms with Crippen LogP contribution >= 0.6 is 0 Å². The molecule has 1 atom stereocenters. The van der Waals surface area contributed by atoms with Crippen molar-refractivity contribution in [2.45, 2.75) is 69.6 Å². The van der Waals surface area contributed by atoms with E-state index in [4.69, 9.17) is 0 Å². The number of phenolic OH excluding ortho intramolecular Hbond substituents is 2. The predicted octanol–water partition coefficient (Wildman–Crippen LogP) is 3.28. The van der Waals surface area contributed by atoms with Crippen molar-refractivity contribution in [1.29, 1.82) is 0 Å². The SMILES string of the molecule is CCCCCc1cc(O)c(C2C=C(C)CCC2)c(O)c1S(=O)(=O)NC(=O)c1ncn[nH]1. The fraction of sp³-hybridized carbons (Fsp3) is 0.476. The van der Waals surface area contributed by atoms with Crippen LogP contribution in [0.5, 0.6) is 11.5 Å².